The number of primary amides is 1. The van der Waals surface area contributed by atoms with Gasteiger partial charge >= 0.3 is 7.82 Å². The van der Waals surface area contributed by atoms with Crippen LogP contribution in [0, 0.1) is 23.2 Å². The van der Waals surface area contributed by atoms with Crippen molar-refractivity contribution in [3.8, 4) is 0 Å². The largest absolute Gasteiger partial charge is 0.469 e. The van der Waals surface area contributed by atoms with E-state index in [1.54, 1.807) is 71.0 Å². The van der Waals surface area contributed by atoms with Gasteiger partial charge in [-0.2, -0.15) is 0 Å². The number of aliphatic hydroxyl groups excluding tert-OH is 5. The lowest BCUT2D eigenvalue weighted by atomic mass is 9.72. The number of carbonyl (C=O) groups is 2. The van der Waals surface area contributed by atoms with Crippen LogP contribution in [0.2, 0.25) is 0 Å². The molecule has 2 fully saturated rings. The Morgan fingerprint density at radius 2 is 1.72 bits per heavy atom. The molecule has 0 bridgehead atoms. The number of nitrogens with zero attached hydrogens (tertiary/aromatic N) is 2. The number of hydrogen-bond donors (Lipinski definition) is 9. The van der Waals surface area contributed by atoms with Gasteiger partial charge in [-0.25, -0.2) is 9.55 Å². The first-order valence-corrected chi connectivity index (χ1v) is 25.6. The van der Waals surface area contributed by atoms with Crippen LogP contribution in [0.25, 0.3) is 6.08 Å². The van der Waals surface area contributed by atoms with E-state index < -0.39 is 110 Å². The van der Waals surface area contributed by atoms with Crippen molar-refractivity contribution in [3.05, 3.63) is 71.0 Å². The van der Waals surface area contributed by atoms with Crippen LogP contribution in [0.15, 0.2) is 63.9 Å². The number of methoxy groups -OCH3 is 2. The number of carbonyl (C=O) groups excluding carboxylic acids is 2. The molecule has 1 unspecified atom stereocenters. The molecule has 404 valence electrons. The maximum Gasteiger partial charge on any atom is 0.469 e. The number of aliphatic hydroxyl groups is 5. The van der Waals surface area contributed by atoms with E-state index in [-0.39, 0.29) is 38.3 Å². The van der Waals surface area contributed by atoms with Gasteiger partial charge in [-0.05, 0) is 64.9 Å². The van der Waals surface area contributed by atoms with E-state index in [2.05, 4.69) is 10.3 Å². The number of hydrogen-bond acceptors (Lipinski definition) is 16. The van der Waals surface area contributed by atoms with Crippen LogP contribution in [-0.2, 0) is 37.6 Å². The number of oxazole rings is 1. The normalized spacial score (nSPS) is 27.5. The van der Waals surface area contributed by atoms with Gasteiger partial charge in [0.2, 0.25) is 5.91 Å². The molecule has 1 spiro atoms. The summed E-state index contributed by atoms with van der Waals surface area (Å²) in [5, 5.41) is 58.3. The second-order valence-corrected chi connectivity index (χ2v) is 21.3. The predicted molar refractivity (Wildman–Crippen MR) is 266 cm³/mol. The summed E-state index contributed by atoms with van der Waals surface area (Å²) in [7, 11) is 1.10. The average Bonchev–Trinajstić information content (AvgIpc) is 3.83. The molecular weight excluding hydrogens is 944 g/mol. The zero-order valence-electron chi connectivity index (χ0n) is 43.7. The minimum atomic E-state index is -5.16. The highest BCUT2D eigenvalue weighted by atomic mass is 31.2. The molecule has 0 radical (unpaired) electrons. The minimum absolute atomic E-state index is 0.0709. The Morgan fingerprint density at radius 3 is 2.31 bits per heavy atom. The van der Waals surface area contributed by atoms with E-state index in [1.807, 2.05) is 46.8 Å². The SMILES string of the molecule is COCC([C@H](O)[C@H](O)C(=O)NCC[C@H](C)c1nc(/C=C/C[C@@H]2O[C@]3(C[C@@H](O)[C@@H]2C)O[C@H]([C@H](C[C@H](O)[C@H](C)[C@H](O)[C@H](C)/C=C(C)/C(C)=C/C=C/C(C)=C\C(N)=O)OC)[C@H](OP(=O)(O)O)C3(C)C)co1)N(C)C. The van der Waals surface area contributed by atoms with Crippen LogP contribution in [0.3, 0.4) is 0 Å². The van der Waals surface area contributed by atoms with E-state index in [0.29, 0.717) is 23.6 Å². The highest BCUT2D eigenvalue weighted by molar-refractivity contribution is 7.46. The molecule has 1 aromatic heterocycles. The first-order valence-electron chi connectivity index (χ1n) is 24.1. The number of ether oxygens (including phenoxy) is 4. The van der Waals surface area contributed by atoms with Crippen molar-refractivity contribution in [2.45, 2.75) is 161 Å². The van der Waals surface area contributed by atoms with E-state index in [1.165, 1.54) is 26.6 Å². The lowest BCUT2D eigenvalue weighted by molar-refractivity contribution is -0.334. The zero-order chi connectivity index (χ0) is 53.8. The van der Waals surface area contributed by atoms with Gasteiger partial charge in [-0.15, -0.1) is 0 Å². The Hall–Kier alpha value is -3.44. The fourth-order valence-electron chi connectivity index (χ4n) is 9.09. The number of phosphoric acid groups is 1. The number of phosphoric ester groups is 1. The van der Waals surface area contributed by atoms with Crippen LogP contribution in [0.4, 0.5) is 0 Å². The summed E-state index contributed by atoms with van der Waals surface area (Å²) < 4.78 is 48.2. The van der Waals surface area contributed by atoms with Crippen LogP contribution in [0.1, 0.15) is 105 Å². The van der Waals surface area contributed by atoms with E-state index in [0.717, 1.165) is 11.1 Å². The van der Waals surface area contributed by atoms with Crippen LogP contribution in [0.5, 0.6) is 0 Å². The number of nitrogens with one attached hydrogen (secondary N) is 1. The van der Waals surface area contributed by atoms with E-state index in [9.17, 15) is 49.5 Å². The Morgan fingerprint density at radius 1 is 1.06 bits per heavy atom. The van der Waals surface area contributed by atoms with Crippen LogP contribution >= 0.6 is 7.82 Å². The van der Waals surface area contributed by atoms with Gasteiger partial charge in [-0.1, -0.05) is 77.5 Å². The second-order valence-electron chi connectivity index (χ2n) is 20.1. The number of amides is 2. The lowest BCUT2D eigenvalue weighted by Crippen LogP contribution is -2.58. The summed E-state index contributed by atoms with van der Waals surface area (Å²) in [5.41, 5.74) is 6.90. The molecule has 21 heteroatoms. The van der Waals surface area contributed by atoms with Gasteiger partial charge < -0.3 is 74.6 Å². The highest BCUT2D eigenvalue weighted by Gasteiger charge is 2.68. The molecule has 1 aromatic rings. The van der Waals surface area contributed by atoms with Crippen LogP contribution < -0.4 is 11.1 Å². The molecule has 2 saturated heterocycles. The van der Waals surface area contributed by atoms with Crippen molar-refractivity contribution in [2.75, 3.05) is 41.5 Å². The van der Waals surface area contributed by atoms with E-state index >= 15 is 0 Å². The third kappa shape index (κ3) is 17.0. The molecule has 3 rings (SSSR count). The molecule has 2 amide bonds. The van der Waals surface area contributed by atoms with Crippen molar-refractivity contribution in [1.82, 2.24) is 15.2 Å². The summed E-state index contributed by atoms with van der Waals surface area (Å²) >= 11 is 0. The van der Waals surface area contributed by atoms with Crippen molar-refractivity contribution in [2.24, 2.45) is 28.9 Å². The quantitative estimate of drug-likeness (QED) is 0.0345. The first kappa shape index (κ1) is 61.9. The summed E-state index contributed by atoms with van der Waals surface area (Å²) in [6, 6.07) is -0.597. The van der Waals surface area contributed by atoms with Crippen molar-refractivity contribution in [1.29, 1.82) is 0 Å². The van der Waals surface area contributed by atoms with Crippen LogP contribution in [-0.4, -0.2) is 165 Å². The lowest BCUT2D eigenvalue weighted by Gasteiger charge is -2.50. The number of rotatable bonds is 27. The number of aromatic nitrogens is 1. The van der Waals surface area contributed by atoms with Gasteiger partial charge in [0, 0.05) is 68.8 Å². The van der Waals surface area contributed by atoms with E-state index in [4.69, 9.17) is 33.6 Å². The third-order valence-electron chi connectivity index (χ3n) is 14.1. The maximum atomic E-state index is 12.6. The molecule has 20 nitrogen and oxygen atoms in total. The fourth-order valence-corrected chi connectivity index (χ4v) is 9.77. The molecule has 10 N–H and O–H groups in total. The zero-order valence-corrected chi connectivity index (χ0v) is 44.6. The molecular formula is C50H83N4O16P. The summed E-state index contributed by atoms with van der Waals surface area (Å²) in [5.74, 6) is -4.23. The number of allylic oxidation sites excluding steroid dienone is 6. The second kappa shape index (κ2) is 27.2. The Balaban J connectivity index is 1.74. The molecule has 2 aliphatic rings. The Kier molecular flexibility index (Phi) is 23.7. The standard InChI is InChI=1S/C50H83N4O16P/c1-28(22-41(51)57)16-14-17-29(2)31(4)23-32(5)42(58)34(7)37(55)24-40(66-13)45-46(70-71(62,63)64)49(8,9)50(69-45)25-38(56)33(6)39(68-50)19-15-18-35-26-67-48(53-35)30(3)20-21-52-47(61)44(60)43(59)36(27-65-12)54(10)11/h14-18,22-23,26,30,32-34,36-40,42-46,55-56,58-60H,19-21,24-25,27H2,1-13H3,(H2,51,57)(H,52,61)(H2,62,63,64)/b16-14+,18-15+,28-22-,29-17+,31-23+/t30-,32+,33-,34-,36?,37-,38+,39-,40-,42+,43-,44-,45+,46-,50+/m0/s1. The third-order valence-corrected chi connectivity index (χ3v) is 14.6. The molecule has 0 saturated carbocycles. The van der Waals surface area contributed by atoms with Gasteiger partial charge in [-0.3, -0.25) is 14.1 Å². The molecule has 15 atom stereocenters. The van der Waals surface area contributed by atoms with Gasteiger partial charge in [0.15, 0.2) is 17.8 Å². The average molecular weight is 1030 g/mol. The smallest absolute Gasteiger partial charge is 0.448 e. The highest BCUT2D eigenvalue weighted by Crippen LogP contribution is 2.59. The number of likely N-dealkylation sites (N-methyl/N-ethyl adjacent to an activating group) is 1. The first-order chi connectivity index (χ1) is 33.0. The summed E-state index contributed by atoms with van der Waals surface area (Å²) in [4.78, 5) is 50.4. The molecule has 0 aliphatic carbocycles. The molecule has 2 aliphatic heterocycles. The molecule has 3 heterocycles. The molecule has 0 aromatic carbocycles. The summed E-state index contributed by atoms with van der Waals surface area (Å²) in [6.07, 6.45) is 3.69. The summed E-state index contributed by atoms with van der Waals surface area (Å²) in [6.45, 7) is 16.4. The Bertz CT molecular complexity index is 2080. The van der Waals surface area contributed by atoms with Crippen molar-refractivity contribution < 1.29 is 77.4 Å². The number of nitrogens with two attached hydrogens (primary N) is 1. The van der Waals surface area contributed by atoms with Crippen molar-refractivity contribution in [3.63, 3.8) is 0 Å². The van der Waals surface area contributed by atoms with Crippen molar-refractivity contribution >= 4 is 25.7 Å². The minimum Gasteiger partial charge on any atom is -0.448 e. The van der Waals surface area contributed by atoms with Gasteiger partial charge in [0.25, 0.3) is 5.91 Å². The van der Waals surface area contributed by atoms with Gasteiger partial charge in [0.05, 0.1) is 43.2 Å². The monoisotopic (exact) mass is 1030 g/mol. The maximum absolute atomic E-state index is 12.6. The molecule has 71 heavy (non-hydrogen) atoms. The Labute approximate surface area is 419 Å². The fraction of sp³-hybridized carbons (Fsp3) is 0.700. The predicted octanol–water partition coefficient (Wildman–Crippen LogP) is 3.65. The van der Waals surface area contributed by atoms with Gasteiger partial charge in [0.1, 0.15) is 30.3 Å². The topological polar surface area (TPSA) is 306 Å².